The monoisotopic (exact) mass is 236 g/mol. The average Bonchev–Trinajstić information content (AvgIpc) is 2.35. The molecule has 5 heteroatoms. The molecule has 1 heterocycles. The molecule has 2 amide bonds. The van der Waals surface area contributed by atoms with E-state index in [2.05, 4.69) is 5.32 Å². The lowest BCUT2D eigenvalue weighted by atomic mass is 10.2. The molecule has 1 aliphatic heterocycles. The summed E-state index contributed by atoms with van der Waals surface area (Å²) in [5.41, 5.74) is 1.43. The van der Waals surface area contributed by atoms with Crippen LogP contribution >= 0.6 is 0 Å². The molecule has 0 radical (unpaired) electrons. The van der Waals surface area contributed by atoms with Gasteiger partial charge in [0.1, 0.15) is 5.75 Å². The van der Waals surface area contributed by atoms with Crippen LogP contribution in [-0.2, 0) is 4.74 Å². The minimum absolute atomic E-state index is 0.126. The zero-order valence-corrected chi connectivity index (χ0v) is 9.77. The first kappa shape index (κ1) is 11.7. The third-order valence-corrected chi connectivity index (χ3v) is 2.75. The first-order valence-electron chi connectivity index (χ1n) is 5.60. The van der Waals surface area contributed by atoms with E-state index in [0.717, 1.165) is 5.56 Å². The topological polar surface area (TPSA) is 61.8 Å². The first-order valence-corrected chi connectivity index (χ1v) is 5.60. The highest BCUT2D eigenvalue weighted by Gasteiger charge is 2.16. The van der Waals surface area contributed by atoms with E-state index in [9.17, 15) is 9.90 Å². The van der Waals surface area contributed by atoms with Crippen LogP contribution in [0.15, 0.2) is 18.2 Å². The van der Waals surface area contributed by atoms with Crippen LogP contribution in [0, 0.1) is 6.92 Å². The molecule has 2 rings (SSSR count). The fourth-order valence-electron chi connectivity index (χ4n) is 1.70. The van der Waals surface area contributed by atoms with Gasteiger partial charge in [0, 0.05) is 18.8 Å². The predicted octanol–water partition coefficient (Wildman–Crippen LogP) is 1.56. The Morgan fingerprint density at radius 1 is 1.41 bits per heavy atom. The van der Waals surface area contributed by atoms with Crippen molar-refractivity contribution in [2.75, 3.05) is 31.6 Å². The Morgan fingerprint density at radius 3 is 2.76 bits per heavy atom. The zero-order chi connectivity index (χ0) is 12.3. The number of benzene rings is 1. The number of amides is 2. The van der Waals surface area contributed by atoms with Crippen molar-refractivity contribution in [3.63, 3.8) is 0 Å². The van der Waals surface area contributed by atoms with E-state index in [0.29, 0.717) is 32.0 Å². The van der Waals surface area contributed by atoms with Crippen molar-refractivity contribution in [3.8, 4) is 5.75 Å². The maximum absolute atomic E-state index is 11.9. The van der Waals surface area contributed by atoms with E-state index in [1.165, 1.54) is 0 Å². The second kappa shape index (κ2) is 5.05. The summed E-state index contributed by atoms with van der Waals surface area (Å²) in [5.74, 6) is 0.231. The molecular formula is C12H16N2O3. The van der Waals surface area contributed by atoms with Gasteiger partial charge in [-0.15, -0.1) is 0 Å². The van der Waals surface area contributed by atoms with Gasteiger partial charge in [0.25, 0.3) is 0 Å². The van der Waals surface area contributed by atoms with Gasteiger partial charge in [0.2, 0.25) is 0 Å². The maximum atomic E-state index is 11.9. The molecule has 1 fully saturated rings. The lowest BCUT2D eigenvalue weighted by molar-refractivity contribution is 0.0564. The Balaban J connectivity index is 1.99. The van der Waals surface area contributed by atoms with Crippen LogP contribution < -0.4 is 5.32 Å². The third kappa shape index (κ3) is 2.88. The van der Waals surface area contributed by atoms with E-state index >= 15 is 0 Å². The van der Waals surface area contributed by atoms with Gasteiger partial charge >= 0.3 is 6.03 Å². The molecule has 0 bridgehead atoms. The summed E-state index contributed by atoms with van der Waals surface area (Å²) in [6.07, 6.45) is 0. The normalized spacial score (nSPS) is 15.7. The summed E-state index contributed by atoms with van der Waals surface area (Å²) in [7, 11) is 0. The van der Waals surface area contributed by atoms with Gasteiger partial charge in [0.15, 0.2) is 0 Å². The highest BCUT2D eigenvalue weighted by molar-refractivity contribution is 5.89. The quantitative estimate of drug-likeness (QED) is 0.727. The maximum Gasteiger partial charge on any atom is 0.321 e. The molecule has 1 aromatic rings. The number of aryl methyl sites for hydroxylation is 1. The van der Waals surface area contributed by atoms with E-state index in [-0.39, 0.29) is 11.8 Å². The lowest BCUT2D eigenvalue weighted by Crippen LogP contribution is -2.43. The number of urea groups is 1. The fraction of sp³-hybridized carbons (Fsp3) is 0.417. The molecule has 1 aromatic carbocycles. The Bertz CT molecular complexity index is 414. The van der Waals surface area contributed by atoms with Crippen molar-refractivity contribution in [3.05, 3.63) is 23.8 Å². The Kier molecular flexibility index (Phi) is 3.49. The van der Waals surface area contributed by atoms with Crippen LogP contribution in [0.5, 0.6) is 5.75 Å². The number of phenols is 1. The van der Waals surface area contributed by atoms with Gasteiger partial charge < -0.3 is 20.1 Å². The molecule has 92 valence electrons. The zero-order valence-electron chi connectivity index (χ0n) is 9.77. The van der Waals surface area contributed by atoms with Gasteiger partial charge in [-0.25, -0.2) is 4.79 Å². The first-order chi connectivity index (χ1) is 8.16. The summed E-state index contributed by atoms with van der Waals surface area (Å²) in [6, 6.07) is 4.87. The molecule has 0 aliphatic carbocycles. The lowest BCUT2D eigenvalue weighted by Gasteiger charge is -2.27. The van der Waals surface area contributed by atoms with Crippen LogP contribution in [0.25, 0.3) is 0 Å². The van der Waals surface area contributed by atoms with Crippen LogP contribution in [-0.4, -0.2) is 42.3 Å². The van der Waals surface area contributed by atoms with Crippen LogP contribution in [0.1, 0.15) is 5.56 Å². The van der Waals surface area contributed by atoms with Gasteiger partial charge in [-0.2, -0.15) is 0 Å². The fourth-order valence-corrected chi connectivity index (χ4v) is 1.70. The van der Waals surface area contributed by atoms with E-state index in [4.69, 9.17) is 4.74 Å². The Labute approximate surface area is 100.0 Å². The largest absolute Gasteiger partial charge is 0.508 e. The van der Waals surface area contributed by atoms with Gasteiger partial charge in [-0.3, -0.25) is 0 Å². The molecule has 0 aromatic heterocycles. The van der Waals surface area contributed by atoms with Crippen LogP contribution in [0.2, 0.25) is 0 Å². The highest BCUT2D eigenvalue weighted by atomic mass is 16.5. The van der Waals surface area contributed by atoms with E-state index < -0.39 is 0 Å². The Hall–Kier alpha value is -1.75. The number of hydrogen-bond donors (Lipinski definition) is 2. The number of aromatic hydroxyl groups is 1. The second-order valence-electron chi connectivity index (χ2n) is 4.03. The molecule has 0 unspecified atom stereocenters. The number of phenolic OH excluding ortho intramolecular Hbond substituents is 1. The molecule has 0 spiro atoms. The molecule has 1 aliphatic rings. The number of nitrogens with zero attached hydrogens (tertiary/aromatic N) is 1. The van der Waals surface area contributed by atoms with Crippen LogP contribution in [0.4, 0.5) is 10.5 Å². The van der Waals surface area contributed by atoms with Crippen molar-refractivity contribution in [2.45, 2.75) is 6.92 Å². The predicted molar refractivity (Wildman–Crippen MR) is 64.3 cm³/mol. The number of nitrogens with one attached hydrogen (secondary N) is 1. The number of morpholine rings is 1. The van der Waals surface area contributed by atoms with E-state index in [1.807, 2.05) is 0 Å². The molecule has 1 saturated heterocycles. The standard InChI is InChI=1S/C12H16N2O3/c1-9-8-10(2-3-11(9)15)13-12(16)14-4-6-17-7-5-14/h2-3,8,15H,4-7H2,1H3,(H,13,16). The second-order valence-corrected chi connectivity index (χ2v) is 4.03. The van der Waals surface area contributed by atoms with Gasteiger partial charge in [-0.05, 0) is 30.7 Å². The molecule has 2 N–H and O–H groups in total. The minimum Gasteiger partial charge on any atom is -0.508 e. The minimum atomic E-state index is -0.126. The summed E-state index contributed by atoms with van der Waals surface area (Å²) in [4.78, 5) is 13.6. The van der Waals surface area contributed by atoms with E-state index in [1.54, 1.807) is 30.0 Å². The van der Waals surface area contributed by atoms with Gasteiger partial charge in [0.05, 0.1) is 13.2 Å². The summed E-state index contributed by atoms with van der Waals surface area (Å²) >= 11 is 0. The van der Waals surface area contributed by atoms with Crippen LogP contribution in [0.3, 0.4) is 0 Å². The number of carbonyl (C=O) groups excluding carboxylic acids is 1. The molecular weight excluding hydrogens is 220 g/mol. The summed E-state index contributed by atoms with van der Waals surface area (Å²) < 4.78 is 5.18. The molecule has 5 nitrogen and oxygen atoms in total. The smallest absolute Gasteiger partial charge is 0.321 e. The number of hydrogen-bond acceptors (Lipinski definition) is 3. The van der Waals surface area contributed by atoms with Crippen molar-refractivity contribution in [1.82, 2.24) is 4.90 Å². The number of rotatable bonds is 1. The van der Waals surface area contributed by atoms with Crippen molar-refractivity contribution >= 4 is 11.7 Å². The number of anilines is 1. The van der Waals surface area contributed by atoms with Crippen molar-refractivity contribution < 1.29 is 14.6 Å². The number of ether oxygens (including phenoxy) is 1. The number of carbonyl (C=O) groups is 1. The molecule has 0 atom stereocenters. The third-order valence-electron chi connectivity index (χ3n) is 2.75. The summed E-state index contributed by atoms with van der Waals surface area (Å²) in [5, 5.41) is 12.2. The van der Waals surface area contributed by atoms with Crippen molar-refractivity contribution in [2.24, 2.45) is 0 Å². The Morgan fingerprint density at radius 2 is 2.12 bits per heavy atom. The van der Waals surface area contributed by atoms with Crippen molar-refractivity contribution in [1.29, 1.82) is 0 Å². The average molecular weight is 236 g/mol. The van der Waals surface area contributed by atoms with Gasteiger partial charge in [-0.1, -0.05) is 0 Å². The molecule has 17 heavy (non-hydrogen) atoms. The molecule has 0 saturated carbocycles. The summed E-state index contributed by atoms with van der Waals surface area (Å²) in [6.45, 7) is 4.19. The highest BCUT2D eigenvalue weighted by Crippen LogP contribution is 2.20. The SMILES string of the molecule is Cc1cc(NC(=O)N2CCOCC2)ccc1O.